The van der Waals surface area contributed by atoms with Crippen molar-refractivity contribution >= 4 is 28.1 Å². The summed E-state index contributed by atoms with van der Waals surface area (Å²) >= 11 is 8.96. The molecule has 1 aromatic rings. The van der Waals surface area contributed by atoms with Crippen LogP contribution in [0, 0.1) is 10.6 Å². The number of halogens is 1. The highest BCUT2D eigenvalue weighted by molar-refractivity contribution is 9.10. The Morgan fingerprint density at radius 1 is 1.52 bits per heavy atom. The number of nitrogens with zero attached hydrogens (tertiary/aromatic N) is 2. The van der Waals surface area contributed by atoms with Crippen LogP contribution in [0.25, 0.3) is 0 Å². The Morgan fingerprint density at radius 3 is 3.10 bits per heavy atom. The molecule has 2 fully saturated rings. The first-order valence-corrected chi connectivity index (χ1v) is 8.89. The number of hydrogen-bond donors (Lipinski definition) is 1. The van der Waals surface area contributed by atoms with E-state index in [1.165, 1.54) is 19.4 Å². The van der Waals surface area contributed by atoms with Gasteiger partial charge in [-0.25, -0.2) is 4.98 Å². The van der Waals surface area contributed by atoms with E-state index in [1.54, 1.807) is 0 Å². The van der Waals surface area contributed by atoms with Crippen molar-refractivity contribution in [2.24, 2.45) is 5.92 Å². The Kier molecular flexibility index (Phi) is 4.78. The topological polar surface area (TPSA) is 41.2 Å². The van der Waals surface area contributed by atoms with Crippen molar-refractivity contribution in [3.05, 3.63) is 20.6 Å². The molecule has 1 aromatic heterocycles. The van der Waals surface area contributed by atoms with Crippen LogP contribution in [0.15, 0.2) is 4.47 Å². The lowest BCUT2D eigenvalue weighted by atomic mass is 10.1. The summed E-state index contributed by atoms with van der Waals surface area (Å²) in [5.41, 5.74) is 1.13. The van der Waals surface area contributed by atoms with E-state index in [1.807, 2.05) is 0 Å². The largest absolute Gasteiger partial charge is 0.367 e. The normalized spacial score (nSPS) is 26.3. The zero-order chi connectivity index (χ0) is 15.0. The predicted molar refractivity (Wildman–Crippen MR) is 89.0 cm³/mol. The van der Waals surface area contributed by atoms with Gasteiger partial charge >= 0.3 is 0 Å². The molecule has 1 N–H and O–H groups in total. The van der Waals surface area contributed by atoms with Gasteiger partial charge in [0.25, 0.3) is 0 Å². The zero-order valence-corrected chi connectivity index (χ0v) is 15.0. The molecule has 21 heavy (non-hydrogen) atoms. The number of H-pyrrole nitrogens is 1. The lowest BCUT2D eigenvalue weighted by Gasteiger charge is -2.34. The Labute approximate surface area is 139 Å². The van der Waals surface area contributed by atoms with Crippen molar-refractivity contribution in [1.82, 2.24) is 14.9 Å². The maximum Gasteiger partial charge on any atom is 0.144 e. The van der Waals surface area contributed by atoms with Crippen LogP contribution >= 0.6 is 28.1 Å². The van der Waals surface area contributed by atoms with E-state index in [0.717, 1.165) is 35.6 Å². The highest BCUT2D eigenvalue weighted by Crippen LogP contribution is 2.30. The SMILES string of the molecule is CC(C)Cc1[nH]c(C2CN3CCCC3CO2)nc(=S)c1Br. The average molecular weight is 372 g/mol. The Balaban J connectivity index is 1.84. The standard InChI is InChI=1S/C15H22BrN3OS/c1-9(2)6-11-13(16)15(21)18-14(17-11)12-7-19-5-3-4-10(19)8-20-12/h9-10,12H,3-8H2,1-2H3,(H,17,18,21). The summed E-state index contributed by atoms with van der Waals surface area (Å²) in [6.45, 7) is 7.32. The highest BCUT2D eigenvalue weighted by Gasteiger charge is 2.34. The van der Waals surface area contributed by atoms with E-state index in [4.69, 9.17) is 17.0 Å². The van der Waals surface area contributed by atoms with Gasteiger partial charge in [0.15, 0.2) is 0 Å². The molecule has 3 rings (SSSR count). The van der Waals surface area contributed by atoms with Gasteiger partial charge in [-0.2, -0.15) is 0 Å². The Bertz CT molecular complexity index is 575. The van der Waals surface area contributed by atoms with Crippen molar-refractivity contribution in [3.8, 4) is 0 Å². The number of rotatable bonds is 3. The van der Waals surface area contributed by atoms with Gasteiger partial charge in [-0.1, -0.05) is 26.1 Å². The molecule has 3 heterocycles. The van der Waals surface area contributed by atoms with Gasteiger partial charge in [-0.15, -0.1) is 0 Å². The first-order chi connectivity index (χ1) is 10.0. The molecule has 6 heteroatoms. The van der Waals surface area contributed by atoms with Crippen LogP contribution in [0.5, 0.6) is 0 Å². The number of aromatic amines is 1. The van der Waals surface area contributed by atoms with Gasteiger partial charge < -0.3 is 9.72 Å². The van der Waals surface area contributed by atoms with Gasteiger partial charge in [0.2, 0.25) is 0 Å². The van der Waals surface area contributed by atoms with Crippen molar-refractivity contribution < 1.29 is 4.74 Å². The quantitative estimate of drug-likeness (QED) is 0.823. The van der Waals surface area contributed by atoms with Crippen molar-refractivity contribution in [1.29, 1.82) is 0 Å². The summed E-state index contributed by atoms with van der Waals surface area (Å²) in [5.74, 6) is 1.45. The number of aromatic nitrogens is 2. The van der Waals surface area contributed by atoms with Gasteiger partial charge in [-0.05, 0) is 47.7 Å². The Morgan fingerprint density at radius 2 is 2.33 bits per heavy atom. The molecule has 116 valence electrons. The molecule has 2 aliphatic rings. The number of ether oxygens (including phenoxy) is 1. The van der Waals surface area contributed by atoms with Crippen LogP contribution in [0.3, 0.4) is 0 Å². The summed E-state index contributed by atoms with van der Waals surface area (Å²) in [7, 11) is 0. The number of fused-ring (bicyclic) bond motifs is 1. The second kappa shape index (κ2) is 6.44. The minimum atomic E-state index is 0.0139. The molecule has 4 nitrogen and oxygen atoms in total. The first kappa shape index (κ1) is 15.6. The summed E-state index contributed by atoms with van der Waals surface area (Å²) in [6, 6.07) is 0.606. The summed E-state index contributed by atoms with van der Waals surface area (Å²) < 4.78 is 7.59. The fraction of sp³-hybridized carbons (Fsp3) is 0.733. The van der Waals surface area contributed by atoms with Crippen LogP contribution in [-0.4, -0.2) is 40.6 Å². The van der Waals surface area contributed by atoms with Crippen molar-refractivity contribution in [2.45, 2.75) is 45.3 Å². The first-order valence-electron chi connectivity index (χ1n) is 7.69. The van der Waals surface area contributed by atoms with E-state index in [-0.39, 0.29) is 6.10 Å². The van der Waals surface area contributed by atoms with Crippen LogP contribution in [0.2, 0.25) is 0 Å². The number of nitrogens with one attached hydrogen (secondary N) is 1. The molecule has 0 radical (unpaired) electrons. The lowest BCUT2D eigenvalue weighted by Crippen LogP contribution is -2.43. The van der Waals surface area contributed by atoms with Crippen molar-refractivity contribution in [2.75, 3.05) is 19.7 Å². The van der Waals surface area contributed by atoms with Gasteiger partial charge in [0.1, 0.15) is 16.6 Å². The molecule has 0 amide bonds. The van der Waals surface area contributed by atoms with Crippen LogP contribution < -0.4 is 0 Å². The third-order valence-electron chi connectivity index (χ3n) is 4.26. The maximum atomic E-state index is 6.04. The maximum absolute atomic E-state index is 6.04. The van der Waals surface area contributed by atoms with Crippen LogP contribution in [0.4, 0.5) is 0 Å². The number of morpholine rings is 1. The van der Waals surface area contributed by atoms with E-state index in [0.29, 0.717) is 16.6 Å². The Hall–Kier alpha value is -0.300. The van der Waals surface area contributed by atoms with Gasteiger partial charge in [0, 0.05) is 18.3 Å². The second-order valence-electron chi connectivity index (χ2n) is 6.43. The molecule has 0 spiro atoms. The van der Waals surface area contributed by atoms with Crippen LogP contribution in [0.1, 0.15) is 44.3 Å². The summed E-state index contributed by atoms with van der Waals surface area (Å²) in [4.78, 5) is 10.5. The molecule has 0 aromatic carbocycles. The lowest BCUT2D eigenvalue weighted by molar-refractivity contribution is -0.0542. The predicted octanol–water partition coefficient (Wildman–Crippen LogP) is 3.64. The van der Waals surface area contributed by atoms with Gasteiger partial charge in [0.05, 0.1) is 11.1 Å². The molecule has 0 aliphatic carbocycles. The second-order valence-corrected chi connectivity index (χ2v) is 7.61. The molecule has 0 bridgehead atoms. The molecule has 2 saturated heterocycles. The minimum Gasteiger partial charge on any atom is -0.367 e. The minimum absolute atomic E-state index is 0.0139. The van der Waals surface area contributed by atoms with Gasteiger partial charge in [-0.3, -0.25) is 4.90 Å². The number of hydrogen-bond acceptors (Lipinski definition) is 4. The molecule has 2 aliphatic heterocycles. The van der Waals surface area contributed by atoms with Crippen LogP contribution in [-0.2, 0) is 11.2 Å². The zero-order valence-electron chi connectivity index (χ0n) is 12.6. The van der Waals surface area contributed by atoms with E-state index >= 15 is 0 Å². The average Bonchev–Trinajstić information content (AvgIpc) is 2.90. The fourth-order valence-electron chi connectivity index (χ4n) is 3.21. The summed E-state index contributed by atoms with van der Waals surface area (Å²) in [6.07, 6.45) is 3.51. The highest BCUT2D eigenvalue weighted by atomic mass is 79.9. The molecular formula is C15H22BrN3OS. The molecule has 0 saturated carbocycles. The summed E-state index contributed by atoms with van der Waals surface area (Å²) in [5, 5.41) is 0. The molecule has 2 unspecified atom stereocenters. The van der Waals surface area contributed by atoms with E-state index < -0.39 is 0 Å². The third kappa shape index (κ3) is 3.38. The molecule has 2 atom stereocenters. The van der Waals surface area contributed by atoms with Crippen molar-refractivity contribution in [3.63, 3.8) is 0 Å². The van der Waals surface area contributed by atoms with E-state index in [9.17, 15) is 0 Å². The third-order valence-corrected chi connectivity index (χ3v) is 5.67. The van der Waals surface area contributed by atoms with E-state index in [2.05, 4.69) is 44.6 Å². The molecular weight excluding hydrogens is 350 g/mol. The smallest absolute Gasteiger partial charge is 0.144 e. The fourth-order valence-corrected chi connectivity index (χ4v) is 3.78. The monoisotopic (exact) mass is 371 g/mol.